The molecule has 0 aromatic heterocycles. The fraction of sp³-hybridized carbons (Fsp3) is 0.917. The Bertz CT molecular complexity index is 219. The first-order valence-corrected chi connectivity index (χ1v) is 5.36. The summed E-state index contributed by atoms with van der Waals surface area (Å²) in [6.45, 7) is 10.2. The number of rotatable bonds is 1. The van der Waals surface area contributed by atoms with Crippen LogP contribution in [0.2, 0.25) is 0 Å². The molecule has 0 bridgehead atoms. The summed E-state index contributed by atoms with van der Waals surface area (Å²) >= 11 is 0. The van der Waals surface area contributed by atoms with Crippen molar-refractivity contribution in [3.8, 4) is 0 Å². The molecule has 0 amide bonds. The number of ketones is 1. The van der Waals surface area contributed by atoms with Crippen LogP contribution in [0.25, 0.3) is 0 Å². The highest BCUT2D eigenvalue weighted by Crippen LogP contribution is 2.50. The second-order valence-corrected chi connectivity index (χ2v) is 6.09. The lowest BCUT2D eigenvalue weighted by Gasteiger charge is -2.49. The van der Waals surface area contributed by atoms with Crippen molar-refractivity contribution in [2.24, 2.45) is 16.7 Å². The molecule has 0 saturated heterocycles. The number of carbonyl (C=O) groups is 1. The average molecular weight is 198 g/mol. The minimum Gasteiger partial charge on any atom is -0.393 e. The monoisotopic (exact) mass is 198 g/mol. The van der Waals surface area contributed by atoms with Crippen LogP contribution in [-0.2, 0) is 4.79 Å². The Morgan fingerprint density at radius 2 is 1.57 bits per heavy atom. The first-order valence-electron chi connectivity index (χ1n) is 5.36. The third-order valence-corrected chi connectivity index (χ3v) is 3.47. The fourth-order valence-corrected chi connectivity index (χ4v) is 3.66. The maximum Gasteiger partial charge on any atom is 0.134 e. The van der Waals surface area contributed by atoms with Crippen LogP contribution in [0.4, 0.5) is 0 Å². The van der Waals surface area contributed by atoms with E-state index in [0.717, 1.165) is 0 Å². The van der Waals surface area contributed by atoms with Crippen molar-refractivity contribution in [3.05, 3.63) is 0 Å². The van der Waals surface area contributed by atoms with Gasteiger partial charge in [0.15, 0.2) is 0 Å². The zero-order valence-corrected chi connectivity index (χ0v) is 9.92. The Labute approximate surface area is 86.7 Å². The Kier molecular flexibility index (Phi) is 2.79. The number of Topliss-reactive ketones (excluding diaryl/α,β-unsaturated/α-hetero) is 1. The van der Waals surface area contributed by atoms with Crippen LogP contribution in [-0.4, -0.2) is 17.0 Å². The molecular formula is C12H22O2. The molecule has 0 aromatic rings. The van der Waals surface area contributed by atoms with Crippen molar-refractivity contribution >= 4 is 5.78 Å². The predicted molar refractivity (Wildman–Crippen MR) is 57.0 cm³/mol. The Morgan fingerprint density at radius 1 is 1.21 bits per heavy atom. The minimum absolute atomic E-state index is 0.0764. The van der Waals surface area contributed by atoms with Crippen LogP contribution in [0.15, 0.2) is 0 Å². The molecule has 1 N–H and O–H groups in total. The van der Waals surface area contributed by atoms with Crippen LogP contribution in [0.1, 0.15) is 47.5 Å². The molecule has 0 radical (unpaired) electrons. The van der Waals surface area contributed by atoms with Crippen molar-refractivity contribution in [2.45, 2.75) is 53.6 Å². The topological polar surface area (TPSA) is 37.3 Å². The molecule has 2 nitrogen and oxygen atoms in total. The summed E-state index contributed by atoms with van der Waals surface area (Å²) in [5.74, 6) is 0.532. The van der Waals surface area contributed by atoms with Crippen molar-refractivity contribution in [3.63, 3.8) is 0 Å². The van der Waals surface area contributed by atoms with Gasteiger partial charge in [0.2, 0.25) is 0 Å². The van der Waals surface area contributed by atoms with E-state index in [4.69, 9.17) is 0 Å². The summed E-state index contributed by atoms with van der Waals surface area (Å²) in [7, 11) is 0. The third-order valence-electron chi connectivity index (χ3n) is 3.47. The summed E-state index contributed by atoms with van der Waals surface area (Å²) in [5, 5.41) is 9.82. The molecule has 1 fully saturated rings. The minimum atomic E-state index is -0.340. The summed E-state index contributed by atoms with van der Waals surface area (Å²) in [6.07, 6.45) is 0.867. The van der Waals surface area contributed by atoms with Gasteiger partial charge in [0.25, 0.3) is 0 Å². The first kappa shape index (κ1) is 11.7. The lowest BCUT2D eigenvalue weighted by molar-refractivity contribution is -0.137. The van der Waals surface area contributed by atoms with Crippen molar-refractivity contribution in [1.29, 1.82) is 0 Å². The van der Waals surface area contributed by atoms with Gasteiger partial charge in [0.05, 0.1) is 6.10 Å². The third kappa shape index (κ3) is 2.00. The summed E-state index contributed by atoms with van der Waals surface area (Å²) in [6, 6.07) is 0. The van der Waals surface area contributed by atoms with Crippen molar-refractivity contribution in [2.75, 3.05) is 0 Å². The van der Waals surface area contributed by atoms with Crippen LogP contribution in [0.3, 0.4) is 0 Å². The van der Waals surface area contributed by atoms with E-state index in [0.29, 0.717) is 18.6 Å². The van der Waals surface area contributed by atoms with E-state index in [1.807, 2.05) is 6.92 Å². The number of hydrogen-bond donors (Lipinski definition) is 1. The van der Waals surface area contributed by atoms with Gasteiger partial charge in [0, 0.05) is 12.8 Å². The number of carbonyl (C=O) groups excluding carboxylic acids is 1. The number of aliphatic hydroxyl groups excluding tert-OH is 1. The molecule has 0 aliphatic heterocycles. The predicted octanol–water partition coefficient (Wildman–Crippen LogP) is 2.40. The largest absolute Gasteiger partial charge is 0.393 e. The van der Waals surface area contributed by atoms with E-state index in [2.05, 4.69) is 27.7 Å². The zero-order valence-electron chi connectivity index (χ0n) is 9.92. The van der Waals surface area contributed by atoms with E-state index in [9.17, 15) is 9.90 Å². The Morgan fingerprint density at radius 3 is 1.86 bits per heavy atom. The Balaban J connectivity index is 3.03. The highest BCUT2D eigenvalue weighted by Gasteiger charge is 2.48. The van der Waals surface area contributed by atoms with Gasteiger partial charge in [-0.3, -0.25) is 4.79 Å². The van der Waals surface area contributed by atoms with Gasteiger partial charge in [-0.2, -0.15) is 0 Å². The molecule has 1 atom stereocenters. The van der Waals surface area contributed by atoms with Crippen LogP contribution in [0, 0.1) is 16.7 Å². The molecule has 1 aliphatic rings. The Hall–Kier alpha value is -0.370. The molecule has 82 valence electrons. The summed E-state index contributed by atoms with van der Waals surface area (Å²) in [5.41, 5.74) is -0.153. The average Bonchev–Trinajstić information content (AvgIpc) is 1.75. The van der Waals surface area contributed by atoms with Gasteiger partial charge in [-0.25, -0.2) is 0 Å². The van der Waals surface area contributed by atoms with Gasteiger partial charge in [-0.15, -0.1) is 0 Å². The van der Waals surface area contributed by atoms with Gasteiger partial charge in [-0.05, 0) is 23.7 Å². The number of aliphatic hydroxyl groups is 1. The summed E-state index contributed by atoms with van der Waals surface area (Å²) in [4.78, 5) is 11.6. The second kappa shape index (κ2) is 3.34. The quantitative estimate of drug-likeness (QED) is 0.702. The van der Waals surface area contributed by atoms with Crippen LogP contribution < -0.4 is 0 Å². The lowest BCUT2D eigenvalue weighted by atomic mass is 9.55. The van der Waals surface area contributed by atoms with E-state index >= 15 is 0 Å². The van der Waals surface area contributed by atoms with Gasteiger partial charge in [-0.1, -0.05) is 27.7 Å². The van der Waals surface area contributed by atoms with E-state index in [1.165, 1.54) is 0 Å². The van der Waals surface area contributed by atoms with Gasteiger partial charge in [0.1, 0.15) is 5.78 Å². The smallest absolute Gasteiger partial charge is 0.134 e. The molecule has 1 rings (SSSR count). The SMILES string of the molecule is CC(O)C1C(C)(C)CC(=O)CC1(C)C. The summed E-state index contributed by atoms with van der Waals surface area (Å²) < 4.78 is 0. The van der Waals surface area contributed by atoms with Gasteiger partial charge < -0.3 is 5.11 Å². The molecular weight excluding hydrogens is 176 g/mol. The number of hydrogen-bond acceptors (Lipinski definition) is 2. The highest BCUT2D eigenvalue weighted by molar-refractivity contribution is 5.80. The van der Waals surface area contributed by atoms with Crippen LogP contribution >= 0.6 is 0 Å². The standard InChI is InChI=1S/C12H22O2/c1-8(13)10-11(2,3)6-9(14)7-12(10,4)5/h8,10,13H,6-7H2,1-5H3. The molecule has 1 unspecified atom stereocenters. The van der Waals surface area contributed by atoms with E-state index in [-0.39, 0.29) is 22.9 Å². The maximum absolute atomic E-state index is 11.6. The molecule has 0 aromatic carbocycles. The molecule has 14 heavy (non-hydrogen) atoms. The van der Waals surface area contributed by atoms with E-state index < -0.39 is 0 Å². The lowest BCUT2D eigenvalue weighted by Crippen LogP contribution is -2.49. The normalized spacial score (nSPS) is 28.9. The fourth-order valence-electron chi connectivity index (χ4n) is 3.66. The van der Waals surface area contributed by atoms with Crippen LogP contribution in [0.5, 0.6) is 0 Å². The molecule has 0 spiro atoms. The molecule has 1 aliphatic carbocycles. The maximum atomic E-state index is 11.6. The van der Waals surface area contributed by atoms with Crippen molar-refractivity contribution in [1.82, 2.24) is 0 Å². The van der Waals surface area contributed by atoms with Crippen molar-refractivity contribution < 1.29 is 9.90 Å². The highest BCUT2D eigenvalue weighted by atomic mass is 16.3. The molecule has 0 heterocycles. The molecule has 2 heteroatoms. The van der Waals surface area contributed by atoms with Gasteiger partial charge >= 0.3 is 0 Å². The second-order valence-electron chi connectivity index (χ2n) is 6.09. The molecule has 1 saturated carbocycles. The van der Waals surface area contributed by atoms with E-state index in [1.54, 1.807) is 0 Å². The first-order chi connectivity index (χ1) is 6.17. The zero-order chi connectivity index (χ0) is 11.1.